The molecular weight excluding hydrogens is 817 g/mol. The summed E-state index contributed by atoms with van der Waals surface area (Å²) >= 11 is 2.51. The number of aromatic nitrogens is 14. The number of ether oxygens (including phenoxy) is 2. The molecule has 60 heavy (non-hydrogen) atoms. The number of hydrogen-bond acceptors (Lipinski definition) is 22. The maximum atomic E-state index is 12.7. The van der Waals surface area contributed by atoms with Crippen molar-refractivity contribution in [3.05, 3.63) is 57.3 Å². The average molecular weight is 855 g/mol. The molecule has 0 spiro atoms. The number of unbranched alkanes of at least 4 members (excludes halogenated alkanes) is 2. The molecule has 0 aliphatic heterocycles. The maximum absolute atomic E-state index is 12.7. The van der Waals surface area contributed by atoms with E-state index in [4.69, 9.17) is 31.1 Å². The van der Waals surface area contributed by atoms with Gasteiger partial charge in [0.1, 0.15) is 27.5 Å². The minimum Gasteiger partial charge on any atom is -0.465 e. The summed E-state index contributed by atoms with van der Waals surface area (Å²) in [5.41, 5.74) is 15.2. The number of carbonyl (C=O) groups is 2. The van der Waals surface area contributed by atoms with Crippen molar-refractivity contribution >= 4 is 69.3 Å². The zero-order chi connectivity index (χ0) is 42.5. The van der Waals surface area contributed by atoms with Crippen molar-refractivity contribution in [2.75, 3.05) is 25.7 Å². The molecule has 310 valence electrons. The molecule has 7 aromatic rings. The van der Waals surface area contributed by atoms with Crippen molar-refractivity contribution in [3.63, 3.8) is 0 Å². The van der Waals surface area contributed by atoms with Crippen molar-refractivity contribution in [3.8, 4) is 21.9 Å². The highest BCUT2D eigenvalue weighted by atomic mass is 32.1. The van der Waals surface area contributed by atoms with Gasteiger partial charge in [-0.05, 0) is 39.5 Å². The highest BCUT2D eigenvalue weighted by Gasteiger charge is 2.26. The van der Waals surface area contributed by atoms with Crippen molar-refractivity contribution in [1.82, 2.24) is 69.5 Å². The topological polar surface area (TPSA) is 303 Å². The Balaban J connectivity index is 1.28. The zero-order valence-electron chi connectivity index (χ0n) is 33.2. The lowest BCUT2D eigenvalue weighted by Crippen LogP contribution is -2.09. The van der Waals surface area contributed by atoms with Gasteiger partial charge in [0.05, 0.1) is 38.0 Å². The molecule has 4 N–H and O–H groups in total. The lowest BCUT2D eigenvalue weighted by atomic mass is 10.2. The molecule has 0 fully saturated rings. The van der Waals surface area contributed by atoms with Gasteiger partial charge >= 0.3 is 11.9 Å². The first-order valence-electron chi connectivity index (χ1n) is 18.4. The van der Waals surface area contributed by atoms with Crippen LogP contribution in [0.4, 0.5) is 34.6 Å². The van der Waals surface area contributed by atoms with Crippen molar-refractivity contribution in [2.24, 2.45) is 20.5 Å². The third-order valence-corrected chi connectivity index (χ3v) is 10.3. The van der Waals surface area contributed by atoms with Crippen LogP contribution in [0.15, 0.2) is 45.2 Å². The number of carbonyl (C=O) groups excluding carboxylic acids is 2. The lowest BCUT2D eigenvalue weighted by Gasteiger charge is -2.06. The predicted molar refractivity (Wildman–Crippen MR) is 217 cm³/mol. The zero-order valence-corrected chi connectivity index (χ0v) is 34.8. The molecule has 0 saturated heterocycles. The fourth-order valence-corrected chi connectivity index (χ4v) is 7.00. The van der Waals surface area contributed by atoms with E-state index in [9.17, 15) is 9.59 Å². The molecule has 7 heterocycles. The van der Waals surface area contributed by atoms with Gasteiger partial charge in [-0.1, -0.05) is 49.4 Å². The second-order valence-electron chi connectivity index (χ2n) is 12.8. The molecule has 0 aliphatic carbocycles. The summed E-state index contributed by atoms with van der Waals surface area (Å²) in [5.74, 6) is -0.426. The summed E-state index contributed by atoms with van der Waals surface area (Å²) in [6.07, 6.45) is 8.25. The van der Waals surface area contributed by atoms with Gasteiger partial charge in [-0.15, -0.1) is 40.9 Å². The Kier molecular flexibility index (Phi) is 12.1. The molecule has 0 saturated carbocycles. The van der Waals surface area contributed by atoms with Crippen LogP contribution in [0.5, 0.6) is 0 Å². The van der Waals surface area contributed by atoms with Gasteiger partial charge in [0, 0.05) is 6.07 Å². The van der Waals surface area contributed by atoms with Gasteiger partial charge in [0.15, 0.2) is 46.3 Å². The van der Waals surface area contributed by atoms with Crippen LogP contribution >= 0.6 is 22.7 Å². The number of anilines is 2. The van der Waals surface area contributed by atoms with Gasteiger partial charge in [-0.2, -0.15) is 39.1 Å². The number of methoxy groups -OCH3 is 2. The molecule has 0 aromatic carbocycles. The van der Waals surface area contributed by atoms with Gasteiger partial charge in [0.2, 0.25) is 10.3 Å². The van der Waals surface area contributed by atoms with E-state index in [0.717, 1.165) is 25.7 Å². The molecule has 24 nitrogen and oxygen atoms in total. The average Bonchev–Trinajstić information content (AvgIpc) is 4.12. The fraction of sp³-hybridized carbons (Fsp3) is 0.353. The van der Waals surface area contributed by atoms with E-state index >= 15 is 0 Å². The monoisotopic (exact) mass is 854 g/mol. The van der Waals surface area contributed by atoms with Crippen LogP contribution in [0.25, 0.3) is 21.9 Å². The number of nitrogens with zero attached hydrogens (tertiary/aromatic N) is 18. The van der Waals surface area contributed by atoms with E-state index in [0.29, 0.717) is 44.5 Å². The summed E-state index contributed by atoms with van der Waals surface area (Å²) in [5, 5.41) is 54.5. The summed E-state index contributed by atoms with van der Waals surface area (Å²) < 4.78 is 15.5. The highest BCUT2D eigenvalue weighted by Crippen LogP contribution is 2.36. The second-order valence-corrected chi connectivity index (χ2v) is 15.1. The van der Waals surface area contributed by atoms with Crippen molar-refractivity contribution < 1.29 is 19.1 Å². The number of nitrogen functional groups attached to an aromatic ring is 2. The van der Waals surface area contributed by atoms with E-state index in [1.165, 1.54) is 74.3 Å². The van der Waals surface area contributed by atoms with Crippen molar-refractivity contribution in [2.45, 2.75) is 66.2 Å². The first-order chi connectivity index (χ1) is 29.1. The van der Waals surface area contributed by atoms with E-state index in [2.05, 4.69) is 61.0 Å². The SMILES string of the molecule is CCCCc1nn(-c2cc(-n3nc(CCCC)c(N=Nc4c(C(=O)OC)cnn4-c4nnc(C)s4)c3N)ncn2)c(N)c1N=Nc1c(C(=O)OC)cnn1-c1nnc(C)s1. The Morgan fingerprint density at radius 2 is 1.10 bits per heavy atom. The normalized spacial score (nSPS) is 11.7. The summed E-state index contributed by atoms with van der Waals surface area (Å²) in [7, 11) is 2.51. The standard InChI is InChI=1S/C34H38N20O4S2/c1-7-9-11-21-25(43-45-29-19(31(55)57-5)14-39-53(29)33-47-41-17(3)59-33)27(35)51(49-21)23-13-24(38-16-37-23)52-28(36)26(22(50-52)12-10-8-2)44-46-30-20(32(56)58-6)15-40-54(30)34-48-42-18(4)60-34/h13-16H,7-12,35-36H2,1-6H3. The van der Waals surface area contributed by atoms with E-state index in [-0.39, 0.29) is 57.4 Å². The molecule has 0 radical (unpaired) electrons. The molecule has 7 rings (SSSR count). The first-order valence-corrected chi connectivity index (χ1v) is 20.0. The minimum absolute atomic E-state index is 0.0612. The van der Waals surface area contributed by atoms with E-state index in [1.807, 2.05) is 13.8 Å². The van der Waals surface area contributed by atoms with Gasteiger partial charge in [0.25, 0.3) is 0 Å². The quantitative estimate of drug-likeness (QED) is 0.0858. The third kappa shape index (κ3) is 8.08. The fourth-order valence-electron chi connectivity index (χ4n) is 5.70. The smallest absolute Gasteiger partial charge is 0.343 e. The molecular formula is C34H38N20O4S2. The second kappa shape index (κ2) is 17.7. The molecule has 26 heteroatoms. The molecule has 0 amide bonds. The summed E-state index contributed by atoms with van der Waals surface area (Å²) in [6, 6.07) is 1.60. The molecule has 0 aliphatic rings. The molecule has 0 bridgehead atoms. The number of azo groups is 2. The maximum Gasteiger partial charge on any atom is 0.343 e. The van der Waals surface area contributed by atoms with Crippen LogP contribution in [0.1, 0.15) is 81.6 Å². The number of rotatable bonds is 16. The number of aryl methyl sites for hydroxylation is 4. The number of nitrogens with two attached hydrogens (primary N) is 2. The molecule has 0 unspecified atom stereocenters. The lowest BCUT2D eigenvalue weighted by molar-refractivity contribution is 0.0592. The Hall–Kier alpha value is -7.22. The minimum atomic E-state index is -0.666. The molecule has 7 aromatic heterocycles. The Morgan fingerprint density at radius 1 is 0.667 bits per heavy atom. The Morgan fingerprint density at radius 3 is 1.47 bits per heavy atom. The molecule has 0 atom stereocenters. The van der Waals surface area contributed by atoms with E-state index in [1.54, 1.807) is 19.9 Å². The van der Waals surface area contributed by atoms with Gasteiger partial charge in [-0.3, -0.25) is 0 Å². The van der Waals surface area contributed by atoms with Crippen LogP contribution < -0.4 is 11.5 Å². The number of esters is 2. The highest BCUT2D eigenvalue weighted by molar-refractivity contribution is 7.13. The van der Waals surface area contributed by atoms with Gasteiger partial charge in [-0.25, -0.2) is 19.6 Å². The van der Waals surface area contributed by atoms with Crippen LogP contribution in [0.2, 0.25) is 0 Å². The van der Waals surface area contributed by atoms with E-state index < -0.39 is 11.9 Å². The largest absolute Gasteiger partial charge is 0.465 e. The Bertz CT molecular complexity index is 2560. The Labute approximate surface area is 348 Å². The predicted octanol–water partition coefficient (Wildman–Crippen LogP) is 5.79. The first kappa shape index (κ1) is 41.0. The third-order valence-electron chi connectivity index (χ3n) is 8.72. The number of hydrogen-bond donors (Lipinski definition) is 2. The van der Waals surface area contributed by atoms with Crippen LogP contribution in [-0.2, 0) is 22.3 Å². The van der Waals surface area contributed by atoms with Crippen LogP contribution in [-0.4, -0.2) is 95.6 Å². The van der Waals surface area contributed by atoms with Crippen LogP contribution in [0.3, 0.4) is 0 Å². The van der Waals surface area contributed by atoms with Crippen LogP contribution in [0, 0.1) is 13.8 Å². The summed E-state index contributed by atoms with van der Waals surface area (Å²) in [6.45, 7) is 7.68. The van der Waals surface area contributed by atoms with Gasteiger partial charge < -0.3 is 20.9 Å². The van der Waals surface area contributed by atoms with Crippen molar-refractivity contribution in [1.29, 1.82) is 0 Å². The summed E-state index contributed by atoms with van der Waals surface area (Å²) in [4.78, 5) is 34.3.